The van der Waals surface area contributed by atoms with Gasteiger partial charge < -0.3 is 9.80 Å². The summed E-state index contributed by atoms with van der Waals surface area (Å²) in [6.45, 7) is 3.50. The van der Waals surface area contributed by atoms with Crippen LogP contribution < -0.4 is 0 Å². The summed E-state index contributed by atoms with van der Waals surface area (Å²) in [5.74, 6) is 8.00. The van der Waals surface area contributed by atoms with Crippen LogP contribution in [0.15, 0.2) is 0 Å². The highest BCUT2D eigenvalue weighted by Crippen LogP contribution is 2.15. The Morgan fingerprint density at radius 2 is 0.960 bits per heavy atom. The second-order valence-electron chi connectivity index (χ2n) is 6.15. The van der Waals surface area contributed by atoms with E-state index in [-0.39, 0.29) is 0 Å². The maximum absolute atomic E-state index is 12.5. The first-order valence-corrected chi connectivity index (χ1v) is 13.8. The molecule has 4 nitrogen and oxygen atoms in total. The third-order valence-corrected chi connectivity index (χ3v) is 8.33. The molecule has 3 saturated heterocycles. The Kier molecular flexibility index (Phi) is 11.7. The predicted octanol–water partition coefficient (Wildman–Crippen LogP) is 2.77. The number of amides is 2. The molecule has 0 N–H and O–H groups in total. The molecule has 3 fully saturated rings. The summed E-state index contributed by atoms with van der Waals surface area (Å²) in [5, 5.41) is 0. The van der Waals surface area contributed by atoms with Crippen LogP contribution in [-0.4, -0.2) is 93.8 Å². The van der Waals surface area contributed by atoms with Gasteiger partial charge >= 0.3 is 0 Å². The highest BCUT2D eigenvalue weighted by Gasteiger charge is 2.16. The van der Waals surface area contributed by atoms with Crippen LogP contribution in [0.2, 0.25) is 0 Å². The summed E-state index contributed by atoms with van der Waals surface area (Å²) in [5.41, 5.74) is 0. The topological polar surface area (TPSA) is 40.6 Å². The van der Waals surface area contributed by atoms with Crippen LogP contribution in [0.4, 0.5) is 0 Å². The molecule has 25 heavy (non-hydrogen) atoms. The number of thioether (sulfide) groups is 4. The van der Waals surface area contributed by atoms with Crippen molar-refractivity contribution in [3.05, 3.63) is 0 Å². The zero-order valence-electron chi connectivity index (χ0n) is 15.0. The number of carbonyl (C=O) groups excluding carboxylic acids is 2. The molecule has 0 atom stereocenters. The van der Waals surface area contributed by atoms with Crippen LogP contribution in [0.5, 0.6) is 0 Å². The summed E-state index contributed by atoms with van der Waals surface area (Å²) in [4.78, 5) is 29.2. The molecule has 0 saturated carbocycles. The normalized spacial score (nSPS) is 24.2. The maximum Gasteiger partial charge on any atom is 0.232 e. The lowest BCUT2D eigenvalue weighted by Gasteiger charge is -2.24. The van der Waals surface area contributed by atoms with Gasteiger partial charge in [-0.1, -0.05) is 0 Å². The molecule has 3 aliphatic heterocycles. The molecule has 0 radical (unpaired) electrons. The zero-order valence-corrected chi connectivity index (χ0v) is 18.2. The van der Waals surface area contributed by atoms with Crippen molar-refractivity contribution in [1.82, 2.24) is 9.80 Å². The number of nitrogens with zero attached hydrogens (tertiary/aromatic N) is 2. The van der Waals surface area contributed by atoms with E-state index in [1.165, 1.54) is 0 Å². The van der Waals surface area contributed by atoms with E-state index in [9.17, 15) is 9.59 Å². The number of rotatable bonds is 0. The van der Waals surface area contributed by atoms with Gasteiger partial charge in [-0.25, -0.2) is 0 Å². The van der Waals surface area contributed by atoms with Gasteiger partial charge in [0.2, 0.25) is 11.8 Å². The fourth-order valence-electron chi connectivity index (χ4n) is 2.76. The van der Waals surface area contributed by atoms with E-state index in [2.05, 4.69) is 9.80 Å². The van der Waals surface area contributed by atoms with Crippen molar-refractivity contribution >= 4 is 58.9 Å². The van der Waals surface area contributed by atoms with Gasteiger partial charge in [-0.3, -0.25) is 9.59 Å². The minimum atomic E-state index is 0.306. The van der Waals surface area contributed by atoms with Crippen molar-refractivity contribution in [3.8, 4) is 0 Å². The summed E-state index contributed by atoms with van der Waals surface area (Å²) >= 11 is 7.32. The number of carbonyl (C=O) groups is 2. The first-order chi connectivity index (χ1) is 12.3. The smallest absolute Gasteiger partial charge is 0.232 e. The van der Waals surface area contributed by atoms with Gasteiger partial charge in [-0.05, 0) is 42.3 Å². The quantitative estimate of drug-likeness (QED) is 0.598. The molecule has 0 spiro atoms. The molecule has 2 bridgehead atoms. The molecule has 3 heterocycles. The largest absolute Gasteiger partial charge is 0.341 e. The maximum atomic E-state index is 12.5. The fraction of sp³-hybridized carbons (Fsp3) is 0.882. The van der Waals surface area contributed by atoms with Crippen molar-refractivity contribution in [3.63, 3.8) is 0 Å². The molecule has 0 aromatic rings. The van der Waals surface area contributed by atoms with Crippen LogP contribution in [0, 0.1) is 0 Å². The Morgan fingerprint density at radius 1 is 0.520 bits per heavy atom. The molecule has 3 rings (SSSR count). The Labute approximate surface area is 169 Å². The lowest BCUT2D eigenvalue weighted by Crippen LogP contribution is -2.36. The molecule has 2 amide bonds. The molecule has 144 valence electrons. The molecule has 3 aliphatic rings. The van der Waals surface area contributed by atoms with Gasteiger partial charge in [0.15, 0.2) is 0 Å². The number of hydrogen-bond acceptors (Lipinski definition) is 6. The Morgan fingerprint density at radius 3 is 1.44 bits per heavy atom. The lowest BCUT2D eigenvalue weighted by atomic mass is 10.4. The van der Waals surface area contributed by atoms with Gasteiger partial charge in [-0.15, -0.1) is 0 Å². The third-order valence-electron chi connectivity index (χ3n) is 4.18. The van der Waals surface area contributed by atoms with Crippen molar-refractivity contribution in [2.75, 3.05) is 72.2 Å². The second kappa shape index (κ2) is 13.5. The third kappa shape index (κ3) is 9.20. The van der Waals surface area contributed by atoms with Gasteiger partial charge in [0.25, 0.3) is 0 Å². The van der Waals surface area contributed by atoms with Gasteiger partial charge in [0, 0.05) is 37.7 Å². The van der Waals surface area contributed by atoms with Crippen molar-refractivity contribution in [1.29, 1.82) is 0 Å². The van der Waals surface area contributed by atoms with Crippen LogP contribution in [0.3, 0.4) is 0 Å². The van der Waals surface area contributed by atoms with E-state index in [0.29, 0.717) is 23.3 Å². The van der Waals surface area contributed by atoms with E-state index < -0.39 is 0 Å². The van der Waals surface area contributed by atoms with Gasteiger partial charge in [0.1, 0.15) is 0 Å². The van der Waals surface area contributed by atoms with Crippen LogP contribution in [-0.2, 0) is 9.59 Å². The predicted molar refractivity (Wildman–Crippen MR) is 116 cm³/mol. The first kappa shape index (κ1) is 21.6. The van der Waals surface area contributed by atoms with Gasteiger partial charge in [-0.2, -0.15) is 47.0 Å². The molecule has 0 aromatic carbocycles. The molecule has 0 unspecified atom stereocenters. The Balaban J connectivity index is 2.00. The van der Waals surface area contributed by atoms with Gasteiger partial charge in [0.05, 0.1) is 11.5 Å². The fourth-order valence-corrected chi connectivity index (χ4v) is 6.41. The highest BCUT2D eigenvalue weighted by atomic mass is 32.2. The minimum absolute atomic E-state index is 0.306. The van der Waals surface area contributed by atoms with Crippen molar-refractivity contribution in [2.24, 2.45) is 0 Å². The van der Waals surface area contributed by atoms with Crippen LogP contribution in [0.25, 0.3) is 0 Å². The Bertz CT molecular complexity index is 360. The lowest BCUT2D eigenvalue weighted by molar-refractivity contribution is -0.129. The molecular formula is C17H30N2O2S4. The molecular weight excluding hydrogens is 392 g/mol. The summed E-state index contributed by atoms with van der Waals surface area (Å²) in [7, 11) is 0. The standard InChI is InChI=1S/C17H30N2O2S4/c20-16-14-24-10-3-11-25-15-17(21)19-5-2-9-23-13-6-18(16)4-1-8-22-12-7-19/h1-15H2. The van der Waals surface area contributed by atoms with Crippen LogP contribution in [0.1, 0.15) is 19.3 Å². The van der Waals surface area contributed by atoms with E-state index >= 15 is 0 Å². The monoisotopic (exact) mass is 422 g/mol. The minimum Gasteiger partial charge on any atom is -0.341 e. The summed E-state index contributed by atoms with van der Waals surface area (Å²) < 4.78 is 0. The van der Waals surface area contributed by atoms with E-state index in [4.69, 9.17) is 0 Å². The van der Waals surface area contributed by atoms with E-state index in [0.717, 1.165) is 80.0 Å². The average molecular weight is 423 g/mol. The molecule has 0 aliphatic carbocycles. The van der Waals surface area contributed by atoms with E-state index in [1.54, 1.807) is 23.5 Å². The molecule has 0 aromatic heterocycles. The summed E-state index contributed by atoms with van der Waals surface area (Å²) in [6, 6.07) is 0. The highest BCUT2D eigenvalue weighted by molar-refractivity contribution is 8.00. The number of fused-ring (bicyclic) bond motifs is 18. The SMILES string of the molecule is O=C1CSCCCSCC(=O)N2CCCSCCN1CCCSCC2. The zero-order chi connectivity index (χ0) is 17.7. The van der Waals surface area contributed by atoms with Crippen molar-refractivity contribution < 1.29 is 9.59 Å². The van der Waals surface area contributed by atoms with Crippen LogP contribution >= 0.6 is 47.0 Å². The van der Waals surface area contributed by atoms with E-state index in [1.807, 2.05) is 23.5 Å². The Hall–Kier alpha value is 0.340. The number of hydrogen-bond donors (Lipinski definition) is 0. The molecule has 8 heteroatoms. The average Bonchev–Trinajstić information content (AvgIpc) is 2.61. The first-order valence-electron chi connectivity index (χ1n) is 9.14. The second-order valence-corrected chi connectivity index (χ2v) is 10.8. The van der Waals surface area contributed by atoms with Crippen molar-refractivity contribution in [2.45, 2.75) is 19.3 Å². The summed E-state index contributed by atoms with van der Waals surface area (Å²) in [6.07, 6.45) is 3.17.